The number of carbonyl (C=O) groups is 2. The minimum atomic E-state index is -0.604. The van der Waals surface area contributed by atoms with Gasteiger partial charge >= 0.3 is 6.03 Å². The van der Waals surface area contributed by atoms with Crippen molar-refractivity contribution in [2.24, 2.45) is 0 Å². The molecule has 0 saturated heterocycles. The molecule has 0 aliphatic heterocycles. The molecule has 2 aromatic heterocycles. The summed E-state index contributed by atoms with van der Waals surface area (Å²) in [5.41, 5.74) is 0.764. The van der Waals surface area contributed by atoms with Crippen LogP contribution in [-0.2, 0) is 11.3 Å². The first-order chi connectivity index (χ1) is 12.6. The summed E-state index contributed by atoms with van der Waals surface area (Å²) in [6.07, 6.45) is 1.50. The number of nitrogens with zero attached hydrogens (tertiary/aromatic N) is 2. The minimum Gasteiger partial charge on any atom is -0.467 e. The zero-order valence-electron chi connectivity index (χ0n) is 13.3. The van der Waals surface area contributed by atoms with E-state index in [-0.39, 0.29) is 17.5 Å². The molecule has 0 aliphatic carbocycles. The monoisotopic (exact) mass is 436 g/mol. The normalized spacial score (nSPS) is 10.5. The highest BCUT2D eigenvalue weighted by atomic mass is 79.9. The van der Waals surface area contributed by atoms with Gasteiger partial charge in [-0.15, -0.1) is 10.2 Å². The number of urea groups is 1. The molecule has 0 bridgehead atoms. The van der Waals surface area contributed by atoms with Crippen LogP contribution in [0.5, 0.6) is 0 Å². The summed E-state index contributed by atoms with van der Waals surface area (Å²) in [6.45, 7) is 0.193. The van der Waals surface area contributed by atoms with Gasteiger partial charge in [-0.25, -0.2) is 4.79 Å². The second kappa shape index (κ2) is 8.68. The van der Waals surface area contributed by atoms with E-state index in [0.717, 1.165) is 21.8 Å². The molecule has 8 nitrogen and oxygen atoms in total. The highest BCUT2D eigenvalue weighted by molar-refractivity contribution is 9.10. The predicted molar refractivity (Wildman–Crippen MR) is 97.2 cm³/mol. The molecule has 2 heterocycles. The van der Waals surface area contributed by atoms with Crippen LogP contribution in [0.1, 0.15) is 5.76 Å². The van der Waals surface area contributed by atoms with Crippen LogP contribution in [0.4, 0.5) is 4.79 Å². The Labute approximate surface area is 160 Å². The maximum Gasteiger partial charge on any atom is 0.321 e. The van der Waals surface area contributed by atoms with Crippen molar-refractivity contribution in [3.63, 3.8) is 0 Å². The minimum absolute atomic E-state index is 0.0334. The van der Waals surface area contributed by atoms with Gasteiger partial charge in [0.25, 0.3) is 5.22 Å². The van der Waals surface area contributed by atoms with Crippen molar-refractivity contribution in [2.45, 2.75) is 11.8 Å². The van der Waals surface area contributed by atoms with Crippen molar-refractivity contribution in [2.75, 3.05) is 5.75 Å². The van der Waals surface area contributed by atoms with E-state index in [1.807, 2.05) is 24.3 Å². The molecule has 0 spiro atoms. The molecule has 3 amide bonds. The average Bonchev–Trinajstić information content (AvgIpc) is 3.30. The number of thioether (sulfide) groups is 1. The lowest BCUT2D eigenvalue weighted by molar-refractivity contribution is -0.117. The summed E-state index contributed by atoms with van der Waals surface area (Å²) in [5, 5.41) is 12.8. The number of hydrogen-bond donors (Lipinski definition) is 2. The molecule has 0 radical (unpaired) electrons. The third-order valence-electron chi connectivity index (χ3n) is 3.06. The largest absolute Gasteiger partial charge is 0.467 e. The Bertz CT molecular complexity index is 897. The van der Waals surface area contributed by atoms with E-state index in [9.17, 15) is 9.59 Å². The summed E-state index contributed by atoms with van der Waals surface area (Å²) in [6, 6.07) is 10.2. The Balaban J connectivity index is 1.45. The van der Waals surface area contributed by atoms with Gasteiger partial charge in [0.1, 0.15) is 5.76 Å². The number of imide groups is 1. The number of halogens is 1. The molecule has 2 N–H and O–H groups in total. The molecule has 1 aromatic carbocycles. The van der Waals surface area contributed by atoms with E-state index in [4.69, 9.17) is 8.83 Å². The molecule has 0 atom stereocenters. The van der Waals surface area contributed by atoms with Crippen LogP contribution in [0.2, 0.25) is 0 Å². The number of rotatable bonds is 6. The molecule has 3 aromatic rings. The molecular weight excluding hydrogens is 424 g/mol. The summed E-state index contributed by atoms with van der Waals surface area (Å²) in [7, 11) is 0. The molecule has 0 fully saturated rings. The maximum absolute atomic E-state index is 11.8. The average molecular weight is 437 g/mol. The molecule has 26 heavy (non-hydrogen) atoms. The van der Waals surface area contributed by atoms with Crippen LogP contribution in [0.3, 0.4) is 0 Å². The third kappa shape index (κ3) is 5.20. The zero-order chi connectivity index (χ0) is 18.4. The number of amides is 3. The number of hydrogen-bond acceptors (Lipinski definition) is 7. The number of carbonyl (C=O) groups excluding carboxylic acids is 2. The van der Waals surface area contributed by atoms with Crippen LogP contribution in [0.15, 0.2) is 61.2 Å². The van der Waals surface area contributed by atoms with E-state index >= 15 is 0 Å². The quantitative estimate of drug-likeness (QED) is 0.570. The van der Waals surface area contributed by atoms with Crippen molar-refractivity contribution < 1.29 is 18.4 Å². The van der Waals surface area contributed by atoms with Crippen molar-refractivity contribution in [1.82, 2.24) is 20.8 Å². The second-order valence-corrected chi connectivity index (χ2v) is 6.82. The summed E-state index contributed by atoms with van der Waals surface area (Å²) >= 11 is 4.42. The van der Waals surface area contributed by atoms with E-state index in [1.165, 1.54) is 6.26 Å². The third-order valence-corrected chi connectivity index (χ3v) is 4.37. The molecule has 0 aliphatic rings. The SMILES string of the molecule is O=C(CSc1nnc(-c2cccc(Br)c2)o1)NC(=O)NCc1ccco1. The Morgan fingerprint density at radius 1 is 1.19 bits per heavy atom. The van der Waals surface area contributed by atoms with Crippen LogP contribution >= 0.6 is 27.7 Å². The van der Waals surface area contributed by atoms with Crippen LogP contribution in [0, 0.1) is 0 Å². The van der Waals surface area contributed by atoms with Gasteiger partial charge in [0.05, 0.1) is 18.6 Å². The van der Waals surface area contributed by atoms with Crippen molar-refractivity contribution in [1.29, 1.82) is 0 Å². The fourth-order valence-corrected chi connectivity index (χ4v) is 2.88. The zero-order valence-corrected chi connectivity index (χ0v) is 15.7. The lowest BCUT2D eigenvalue weighted by Gasteiger charge is -2.04. The Morgan fingerprint density at radius 2 is 2.08 bits per heavy atom. The lowest BCUT2D eigenvalue weighted by Crippen LogP contribution is -2.39. The van der Waals surface area contributed by atoms with E-state index < -0.39 is 11.9 Å². The first kappa shape index (κ1) is 18.2. The predicted octanol–water partition coefficient (Wildman–Crippen LogP) is 3.21. The van der Waals surface area contributed by atoms with Gasteiger partial charge in [-0.3, -0.25) is 10.1 Å². The van der Waals surface area contributed by atoms with Crippen LogP contribution in [-0.4, -0.2) is 27.9 Å². The Hall–Kier alpha value is -2.59. The number of aromatic nitrogens is 2. The van der Waals surface area contributed by atoms with Crippen LogP contribution in [0.25, 0.3) is 11.5 Å². The van der Waals surface area contributed by atoms with Gasteiger partial charge in [0.2, 0.25) is 11.8 Å². The summed E-state index contributed by atoms with van der Waals surface area (Å²) in [5.74, 6) is 0.432. The smallest absolute Gasteiger partial charge is 0.321 e. The standard InChI is InChI=1S/C16H13BrN4O4S/c17-11-4-1-3-10(7-11)14-20-21-16(25-14)26-9-13(22)19-15(23)18-8-12-5-2-6-24-12/h1-7H,8-9H2,(H2,18,19,22,23). The van der Waals surface area contributed by atoms with Crippen molar-refractivity contribution in [3.8, 4) is 11.5 Å². The van der Waals surface area contributed by atoms with Crippen molar-refractivity contribution >= 4 is 39.6 Å². The highest BCUT2D eigenvalue weighted by Gasteiger charge is 2.13. The molecule has 0 saturated carbocycles. The number of benzene rings is 1. The molecular formula is C16H13BrN4O4S. The summed E-state index contributed by atoms with van der Waals surface area (Å²) in [4.78, 5) is 23.4. The Kier molecular flexibility index (Phi) is 6.08. The van der Waals surface area contributed by atoms with E-state index in [2.05, 4.69) is 36.8 Å². The first-order valence-electron chi connectivity index (χ1n) is 7.42. The van der Waals surface area contributed by atoms with Gasteiger partial charge in [-0.05, 0) is 30.3 Å². The fourth-order valence-electron chi connectivity index (χ4n) is 1.92. The first-order valence-corrected chi connectivity index (χ1v) is 9.20. The molecule has 0 unspecified atom stereocenters. The number of furan rings is 1. The van der Waals surface area contributed by atoms with Crippen LogP contribution < -0.4 is 10.6 Å². The van der Waals surface area contributed by atoms with Gasteiger partial charge in [0, 0.05) is 10.0 Å². The van der Waals surface area contributed by atoms with E-state index in [1.54, 1.807) is 12.1 Å². The van der Waals surface area contributed by atoms with Crippen molar-refractivity contribution in [3.05, 3.63) is 52.9 Å². The summed E-state index contributed by atoms with van der Waals surface area (Å²) < 4.78 is 11.5. The van der Waals surface area contributed by atoms with E-state index in [0.29, 0.717) is 11.7 Å². The molecule has 10 heteroatoms. The second-order valence-electron chi connectivity index (χ2n) is 4.98. The molecule has 3 rings (SSSR count). The van der Waals surface area contributed by atoms with Gasteiger partial charge in [0.15, 0.2) is 0 Å². The van der Waals surface area contributed by atoms with Gasteiger partial charge in [-0.1, -0.05) is 33.8 Å². The maximum atomic E-state index is 11.8. The Morgan fingerprint density at radius 3 is 2.85 bits per heavy atom. The lowest BCUT2D eigenvalue weighted by atomic mass is 10.2. The van der Waals surface area contributed by atoms with Gasteiger partial charge in [-0.2, -0.15) is 0 Å². The highest BCUT2D eigenvalue weighted by Crippen LogP contribution is 2.25. The topological polar surface area (TPSA) is 110 Å². The molecule has 134 valence electrons. The number of nitrogens with one attached hydrogen (secondary N) is 2. The van der Waals surface area contributed by atoms with Gasteiger partial charge < -0.3 is 14.2 Å². The fraction of sp³-hybridized carbons (Fsp3) is 0.125.